The van der Waals surface area contributed by atoms with Crippen LogP contribution in [0.3, 0.4) is 0 Å². The highest BCUT2D eigenvalue weighted by Crippen LogP contribution is 2.26. The maximum absolute atomic E-state index is 9.52. The lowest BCUT2D eigenvalue weighted by Crippen LogP contribution is -2.26. The summed E-state index contributed by atoms with van der Waals surface area (Å²) < 4.78 is 5.15. The number of rotatable bonds is 3. The number of phenols is 1. The van der Waals surface area contributed by atoms with Gasteiger partial charge >= 0.3 is 6.01 Å². The molecule has 2 heterocycles. The molecule has 0 radical (unpaired) electrons. The Balaban J connectivity index is 1.99. The second-order valence-corrected chi connectivity index (χ2v) is 4.59. The zero-order valence-electron chi connectivity index (χ0n) is 11.2. The Morgan fingerprint density at radius 1 is 1.35 bits per heavy atom. The lowest BCUT2D eigenvalue weighted by molar-refractivity contribution is 0.377. The van der Waals surface area contributed by atoms with Gasteiger partial charge in [0.05, 0.1) is 12.8 Å². The Morgan fingerprint density at radius 2 is 2.25 bits per heavy atom. The van der Waals surface area contributed by atoms with E-state index in [1.54, 1.807) is 25.3 Å². The largest absolute Gasteiger partial charge is 0.508 e. The third-order valence-corrected chi connectivity index (χ3v) is 3.20. The van der Waals surface area contributed by atoms with Crippen LogP contribution in [-0.4, -0.2) is 28.7 Å². The summed E-state index contributed by atoms with van der Waals surface area (Å²) in [6, 6.07) is 7.28. The molecule has 3 N–H and O–H groups in total. The fourth-order valence-corrected chi connectivity index (χ4v) is 2.24. The minimum absolute atomic E-state index is 0.211. The van der Waals surface area contributed by atoms with Gasteiger partial charge in [0.25, 0.3) is 0 Å². The second-order valence-electron chi connectivity index (χ2n) is 4.59. The number of hydrogen-bond donors (Lipinski definition) is 3. The van der Waals surface area contributed by atoms with Crippen LogP contribution in [0.15, 0.2) is 24.3 Å². The first-order chi connectivity index (χ1) is 9.76. The summed E-state index contributed by atoms with van der Waals surface area (Å²) in [6.07, 6.45) is 0.850. The van der Waals surface area contributed by atoms with Crippen LogP contribution in [0.2, 0.25) is 0 Å². The molecular formula is C14H16N4O2. The maximum atomic E-state index is 9.52. The molecule has 0 spiro atoms. The summed E-state index contributed by atoms with van der Waals surface area (Å²) in [4.78, 5) is 8.75. The van der Waals surface area contributed by atoms with Crippen molar-refractivity contribution < 1.29 is 9.84 Å². The van der Waals surface area contributed by atoms with Crippen molar-refractivity contribution in [1.82, 2.24) is 15.3 Å². The van der Waals surface area contributed by atoms with E-state index >= 15 is 0 Å². The molecule has 0 amide bonds. The normalized spacial score (nSPS) is 13.7. The van der Waals surface area contributed by atoms with E-state index in [-0.39, 0.29) is 5.75 Å². The molecule has 1 aromatic heterocycles. The molecule has 3 rings (SSSR count). The molecule has 0 saturated heterocycles. The van der Waals surface area contributed by atoms with E-state index in [4.69, 9.17) is 4.74 Å². The first-order valence-corrected chi connectivity index (χ1v) is 6.47. The SMILES string of the molecule is COc1nc2c(c(Nc3cccc(O)c3)n1)CNCC2. The minimum atomic E-state index is 0.211. The number of fused-ring (bicyclic) bond motifs is 1. The zero-order chi connectivity index (χ0) is 13.9. The van der Waals surface area contributed by atoms with Gasteiger partial charge in [-0.15, -0.1) is 0 Å². The molecule has 2 aromatic rings. The van der Waals surface area contributed by atoms with E-state index in [9.17, 15) is 5.11 Å². The lowest BCUT2D eigenvalue weighted by Gasteiger charge is -2.20. The fourth-order valence-electron chi connectivity index (χ4n) is 2.24. The third kappa shape index (κ3) is 2.50. The van der Waals surface area contributed by atoms with Crippen LogP contribution in [0.25, 0.3) is 0 Å². The Kier molecular flexibility index (Phi) is 3.39. The molecule has 0 unspecified atom stereocenters. The van der Waals surface area contributed by atoms with Crippen molar-refractivity contribution in [1.29, 1.82) is 0 Å². The maximum Gasteiger partial charge on any atom is 0.318 e. The van der Waals surface area contributed by atoms with Crippen LogP contribution >= 0.6 is 0 Å². The Labute approximate surface area is 116 Å². The van der Waals surface area contributed by atoms with E-state index < -0.39 is 0 Å². The summed E-state index contributed by atoms with van der Waals surface area (Å²) in [7, 11) is 1.56. The van der Waals surface area contributed by atoms with Crippen molar-refractivity contribution in [3.63, 3.8) is 0 Å². The number of nitrogens with one attached hydrogen (secondary N) is 2. The molecule has 0 aliphatic carbocycles. The molecule has 1 aromatic carbocycles. The predicted molar refractivity (Wildman–Crippen MR) is 75.4 cm³/mol. The van der Waals surface area contributed by atoms with E-state index in [2.05, 4.69) is 20.6 Å². The van der Waals surface area contributed by atoms with Crippen molar-refractivity contribution >= 4 is 11.5 Å². The quantitative estimate of drug-likeness (QED) is 0.787. The van der Waals surface area contributed by atoms with Gasteiger partial charge in [0.2, 0.25) is 0 Å². The van der Waals surface area contributed by atoms with Gasteiger partial charge in [-0.05, 0) is 12.1 Å². The van der Waals surface area contributed by atoms with Crippen molar-refractivity contribution in [2.24, 2.45) is 0 Å². The number of ether oxygens (including phenoxy) is 1. The summed E-state index contributed by atoms with van der Waals surface area (Å²) >= 11 is 0. The predicted octanol–water partition coefficient (Wildman–Crippen LogP) is 1.58. The summed E-state index contributed by atoms with van der Waals surface area (Å²) in [5.41, 5.74) is 2.82. The van der Waals surface area contributed by atoms with E-state index in [0.717, 1.165) is 36.5 Å². The van der Waals surface area contributed by atoms with Gasteiger partial charge in [-0.3, -0.25) is 0 Å². The summed E-state index contributed by atoms with van der Waals surface area (Å²) in [5.74, 6) is 0.924. The molecule has 6 heteroatoms. The van der Waals surface area contributed by atoms with E-state index in [0.29, 0.717) is 11.8 Å². The van der Waals surface area contributed by atoms with Crippen LogP contribution in [0.1, 0.15) is 11.3 Å². The average Bonchev–Trinajstić information content (AvgIpc) is 2.47. The third-order valence-electron chi connectivity index (χ3n) is 3.20. The van der Waals surface area contributed by atoms with Crippen molar-refractivity contribution in [2.45, 2.75) is 13.0 Å². The minimum Gasteiger partial charge on any atom is -0.508 e. The van der Waals surface area contributed by atoms with E-state index in [1.807, 2.05) is 6.07 Å². The molecule has 0 fully saturated rings. The number of phenolic OH excluding ortho intramolecular Hbond substituents is 1. The molecular weight excluding hydrogens is 256 g/mol. The number of methoxy groups -OCH3 is 1. The number of aromatic hydroxyl groups is 1. The summed E-state index contributed by atoms with van der Waals surface area (Å²) in [5, 5.41) is 16.0. The summed E-state index contributed by atoms with van der Waals surface area (Å²) in [6.45, 7) is 1.62. The Bertz CT molecular complexity index is 631. The highest BCUT2D eigenvalue weighted by molar-refractivity contribution is 5.62. The number of hydrogen-bond acceptors (Lipinski definition) is 6. The lowest BCUT2D eigenvalue weighted by atomic mass is 10.1. The van der Waals surface area contributed by atoms with Gasteiger partial charge in [0.15, 0.2) is 0 Å². The standard InChI is InChI=1S/C14H16N4O2/c1-20-14-17-12-5-6-15-8-11(12)13(18-14)16-9-3-2-4-10(19)7-9/h2-4,7,15,19H,5-6,8H2,1H3,(H,16,17,18). The topological polar surface area (TPSA) is 79.3 Å². The monoisotopic (exact) mass is 272 g/mol. The highest BCUT2D eigenvalue weighted by atomic mass is 16.5. The van der Waals surface area contributed by atoms with Gasteiger partial charge < -0.3 is 20.5 Å². The van der Waals surface area contributed by atoms with Crippen molar-refractivity contribution in [2.75, 3.05) is 19.0 Å². The van der Waals surface area contributed by atoms with Crippen LogP contribution in [0.4, 0.5) is 11.5 Å². The average molecular weight is 272 g/mol. The molecule has 6 nitrogen and oxygen atoms in total. The number of anilines is 2. The number of nitrogens with zero attached hydrogens (tertiary/aromatic N) is 2. The first-order valence-electron chi connectivity index (χ1n) is 6.47. The fraction of sp³-hybridized carbons (Fsp3) is 0.286. The van der Waals surface area contributed by atoms with Crippen molar-refractivity contribution in [3.8, 4) is 11.8 Å². The number of benzene rings is 1. The van der Waals surface area contributed by atoms with Gasteiger partial charge in [0.1, 0.15) is 11.6 Å². The van der Waals surface area contributed by atoms with Crippen LogP contribution in [0.5, 0.6) is 11.8 Å². The van der Waals surface area contributed by atoms with Crippen molar-refractivity contribution in [3.05, 3.63) is 35.5 Å². The molecule has 1 aliphatic heterocycles. The van der Waals surface area contributed by atoms with Crippen LogP contribution in [-0.2, 0) is 13.0 Å². The molecule has 1 aliphatic rings. The van der Waals surface area contributed by atoms with Crippen LogP contribution in [0, 0.1) is 0 Å². The Hall–Kier alpha value is -2.34. The number of aromatic nitrogens is 2. The van der Waals surface area contributed by atoms with Gasteiger partial charge in [-0.25, -0.2) is 0 Å². The van der Waals surface area contributed by atoms with E-state index in [1.165, 1.54) is 0 Å². The smallest absolute Gasteiger partial charge is 0.318 e. The molecule has 0 bridgehead atoms. The molecule has 20 heavy (non-hydrogen) atoms. The highest BCUT2D eigenvalue weighted by Gasteiger charge is 2.18. The molecule has 104 valence electrons. The van der Waals surface area contributed by atoms with Gasteiger partial charge in [-0.2, -0.15) is 9.97 Å². The van der Waals surface area contributed by atoms with Gasteiger partial charge in [0, 0.05) is 36.8 Å². The second kappa shape index (κ2) is 5.34. The Morgan fingerprint density at radius 3 is 3.05 bits per heavy atom. The van der Waals surface area contributed by atoms with Gasteiger partial charge in [-0.1, -0.05) is 6.07 Å². The zero-order valence-corrected chi connectivity index (χ0v) is 11.2. The first kappa shape index (κ1) is 12.7. The molecule has 0 saturated carbocycles. The molecule has 0 atom stereocenters. The van der Waals surface area contributed by atoms with Crippen LogP contribution < -0.4 is 15.4 Å².